The first kappa shape index (κ1) is 48.0. The lowest BCUT2D eigenvalue weighted by molar-refractivity contribution is 0.0528. The molecule has 4 aromatic carbocycles. The van der Waals surface area contributed by atoms with E-state index in [4.69, 9.17) is 16.2 Å². The van der Waals surface area contributed by atoms with Crippen LogP contribution in [0.4, 0.5) is 25.2 Å². The number of hydrogen-bond acceptors (Lipinski definition) is 13. The Bertz CT molecular complexity index is 2920. The Hall–Kier alpha value is -6.45. The number of hydrogen-bond donors (Lipinski definition) is 6. The third-order valence-electron chi connectivity index (χ3n) is 10.2. The van der Waals surface area contributed by atoms with Crippen molar-refractivity contribution in [3.63, 3.8) is 0 Å². The van der Waals surface area contributed by atoms with E-state index in [0.29, 0.717) is 5.56 Å². The number of ether oxygens (including phenoxy) is 1. The molecule has 8 N–H and O–H groups in total. The summed E-state index contributed by atoms with van der Waals surface area (Å²) in [6, 6.07) is 17.5. The van der Waals surface area contributed by atoms with Crippen molar-refractivity contribution in [3.05, 3.63) is 121 Å². The third-order valence-corrected chi connectivity index (χ3v) is 13.2. The molecule has 1 unspecified atom stereocenters. The highest BCUT2D eigenvalue weighted by molar-refractivity contribution is 7.90. The highest BCUT2D eigenvalue weighted by atomic mass is 32.2. The molecule has 16 nitrogen and oxygen atoms in total. The summed E-state index contributed by atoms with van der Waals surface area (Å²) in [4.78, 5) is 28.1. The fourth-order valence-electron chi connectivity index (χ4n) is 6.97. The summed E-state index contributed by atoms with van der Waals surface area (Å²) in [6.07, 6.45) is 4.36. The average molecular weight is 930 g/mol. The van der Waals surface area contributed by atoms with Gasteiger partial charge < -0.3 is 26.6 Å². The van der Waals surface area contributed by atoms with E-state index >= 15 is 8.78 Å². The maximum Gasteiger partial charge on any atom is 0.407 e. The summed E-state index contributed by atoms with van der Waals surface area (Å²) >= 11 is 0. The summed E-state index contributed by atoms with van der Waals surface area (Å²) in [5.41, 5.74) is 10.9. The number of nitrogens with two attached hydrogens (primary N) is 2. The van der Waals surface area contributed by atoms with Gasteiger partial charge in [0.05, 0.1) is 58.6 Å². The molecule has 0 spiro atoms. The molecule has 0 radical (unpaired) electrons. The van der Waals surface area contributed by atoms with Crippen LogP contribution in [0, 0.1) is 17.0 Å². The third kappa shape index (κ3) is 11.6. The van der Waals surface area contributed by atoms with Gasteiger partial charge in [0.15, 0.2) is 0 Å². The van der Waals surface area contributed by atoms with E-state index in [1.165, 1.54) is 79.4 Å². The number of aliphatic hydroxyl groups is 1. The minimum absolute atomic E-state index is 0.00419. The first-order chi connectivity index (χ1) is 30.6. The SMILES string of the molecule is CC(C)(C)OC(=O)NCCNS(=O)(=O)c1ccccc1-c1cc(F)c(-c2cnc(N)cn2)cc1CC(C)(C)C(CO)NS(=O)(=O)c1ccccc1-c1ccc(-c2cnc(N)cn2)c(F)c1. The maximum absolute atomic E-state index is 16.3. The van der Waals surface area contributed by atoms with E-state index < -0.39 is 61.4 Å². The van der Waals surface area contributed by atoms with Gasteiger partial charge in [-0.25, -0.2) is 49.8 Å². The number of aromatic nitrogens is 4. The summed E-state index contributed by atoms with van der Waals surface area (Å²) < 4.78 is 98.6. The number of amides is 1. The molecule has 20 heteroatoms. The zero-order chi connectivity index (χ0) is 47.3. The molecule has 0 saturated carbocycles. The molecule has 6 aromatic rings. The molecule has 0 bridgehead atoms. The highest BCUT2D eigenvalue weighted by Gasteiger charge is 2.36. The van der Waals surface area contributed by atoms with E-state index in [2.05, 4.69) is 34.7 Å². The molecule has 0 aliphatic heterocycles. The van der Waals surface area contributed by atoms with Crippen molar-refractivity contribution < 1.29 is 40.3 Å². The number of nitrogen functional groups attached to an aromatic ring is 2. The monoisotopic (exact) mass is 929 g/mol. The van der Waals surface area contributed by atoms with Crippen LogP contribution >= 0.6 is 0 Å². The first-order valence-electron chi connectivity index (χ1n) is 20.1. The quantitative estimate of drug-likeness (QED) is 0.0602. The van der Waals surface area contributed by atoms with Crippen LogP contribution in [0.5, 0.6) is 0 Å². The summed E-state index contributed by atoms with van der Waals surface area (Å²) in [6.45, 7) is 7.44. The van der Waals surface area contributed by atoms with Crippen LogP contribution in [-0.4, -0.2) is 79.3 Å². The van der Waals surface area contributed by atoms with Crippen LogP contribution in [0.25, 0.3) is 44.8 Å². The minimum Gasteiger partial charge on any atom is -0.444 e. The number of nitrogens with zero attached hydrogens (tertiary/aromatic N) is 4. The Morgan fingerprint density at radius 1 is 0.692 bits per heavy atom. The molecular formula is C45H49F2N9O7S2. The molecule has 1 amide bonds. The van der Waals surface area contributed by atoms with Gasteiger partial charge in [0.25, 0.3) is 0 Å². The Balaban J connectivity index is 1.34. The molecular weight excluding hydrogens is 881 g/mol. The van der Waals surface area contributed by atoms with E-state index in [-0.39, 0.29) is 85.7 Å². The van der Waals surface area contributed by atoms with Crippen LogP contribution in [0.1, 0.15) is 40.2 Å². The van der Waals surface area contributed by atoms with E-state index in [0.717, 1.165) is 6.07 Å². The van der Waals surface area contributed by atoms with E-state index in [1.54, 1.807) is 52.8 Å². The summed E-state index contributed by atoms with van der Waals surface area (Å²) in [7, 11) is -8.76. The number of anilines is 2. The second-order valence-electron chi connectivity index (χ2n) is 16.7. The van der Waals surface area contributed by atoms with Crippen molar-refractivity contribution >= 4 is 37.8 Å². The fraction of sp³-hybridized carbons (Fsp3) is 0.267. The predicted molar refractivity (Wildman–Crippen MR) is 243 cm³/mol. The number of rotatable bonds is 16. The molecule has 0 fully saturated rings. The molecule has 2 heterocycles. The number of sulfonamides is 2. The van der Waals surface area contributed by atoms with Crippen LogP contribution in [0.3, 0.4) is 0 Å². The molecule has 0 saturated heterocycles. The molecule has 65 heavy (non-hydrogen) atoms. The van der Waals surface area contributed by atoms with Gasteiger partial charge in [0.1, 0.15) is 28.9 Å². The molecule has 6 rings (SSSR count). The minimum atomic E-state index is -4.46. The lowest BCUT2D eigenvalue weighted by Gasteiger charge is -2.35. The summed E-state index contributed by atoms with van der Waals surface area (Å²) in [5.74, 6) is -1.21. The highest BCUT2D eigenvalue weighted by Crippen LogP contribution is 2.39. The first-order valence-corrected chi connectivity index (χ1v) is 23.1. The molecule has 2 aromatic heterocycles. The van der Waals surface area contributed by atoms with Crippen molar-refractivity contribution in [2.24, 2.45) is 5.41 Å². The van der Waals surface area contributed by atoms with Gasteiger partial charge >= 0.3 is 6.09 Å². The average Bonchev–Trinajstić information content (AvgIpc) is 3.25. The largest absolute Gasteiger partial charge is 0.444 e. The van der Waals surface area contributed by atoms with Gasteiger partial charge in [-0.05, 0) is 85.7 Å². The van der Waals surface area contributed by atoms with E-state index in [9.17, 15) is 26.7 Å². The second-order valence-corrected chi connectivity index (χ2v) is 20.1. The van der Waals surface area contributed by atoms with Gasteiger partial charge in [-0.3, -0.25) is 9.97 Å². The Kier molecular flexibility index (Phi) is 14.3. The number of carbonyl (C=O) groups is 1. The van der Waals surface area contributed by atoms with Crippen LogP contribution in [-0.2, 0) is 31.2 Å². The smallest absolute Gasteiger partial charge is 0.407 e. The van der Waals surface area contributed by atoms with Gasteiger partial charge in [0, 0.05) is 35.3 Å². The number of aliphatic hydroxyl groups excluding tert-OH is 1. The van der Waals surface area contributed by atoms with Crippen molar-refractivity contribution in [2.45, 2.75) is 62.5 Å². The molecule has 0 aliphatic rings. The Labute approximate surface area is 376 Å². The van der Waals surface area contributed by atoms with Gasteiger partial charge in [-0.15, -0.1) is 0 Å². The van der Waals surface area contributed by atoms with Gasteiger partial charge in [-0.1, -0.05) is 56.3 Å². The van der Waals surface area contributed by atoms with Crippen LogP contribution in [0.2, 0.25) is 0 Å². The topological polar surface area (TPSA) is 254 Å². The number of nitrogens with one attached hydrogen (secondary N) is 3. The number of alkyl carbamates (subject to hydrolysis) is 1. The predicted octanol–water partition coefficient (Wildman–Crippen LogP) is 6.09. The van der Waals surface area contributed by atoms with Gasteiger partial charge in [0.2, 0.25) is 20.0 Å². The zero-order valence-corrected chi connectivity index (χ0v) is 37.8. The van der Waals surface area contributed by atoms with Crippen molar-refractivity contribution in [3.8, 4) is 44.8 Å². The van der Waals surface area contributed by atoms with Crippen molar-refractivity contribution in [1.82, 2.24) is 34.7 Å². The second kappa shape index (κ2) is 19.3. The number of benzene rings is 4. The Morgan fingerprint density at radius 3 is 1.83 bits per heavy atom. The van der Waals surface area contributed by atoms with Crippen molar-refractivity contribution in [2.75, 3.05) is 31.2 Å². The Morgan fingerprint density at radius 2 is 1.26 bits per heavy atom. The zero-order valence-electron chi connectivity index (χ0n) is 36.1. The normalized spacial score (nSPS) is 12.7. The maximum atomic E-state index is 16.3. The molecule has 342 valence electrons. The number of carbonyl (C=O) groups excluding carboxylic acids is 1. The lowest BCUT2D eigenvalue weighted by atomic mass is 9.77. The summed E-state index contributed by atoms with van der Waals surface area (Å²) in [5, 5.41) is 13.3. The number of halogens is 2. The van der Waals surface area contributed by atoms with Crippen molar-refractivity contribution in [1.29, 1.82) is 0 Å². The fourth-order valence-corrected chi connectivity index (χ4v) is 9.85. The lowest BCUT2D eigenvalue weighted by Crippen LogP contribution is -2.48. The van der Waals surface area contributed by atoms with E-state index in [1.807, 2.05) is 0 Å². The van der Waals surface area contributed by atoms with Crippen LogP contribution in [0.15, 0.2) is 113 Å². The van der Waals surface area contributed by atoms with Crippen LogP contribution < -0.4 is 26.2 Å². The standard InChI is InChI=1S/C45H49F2N9O7S2/c1-44(2,3)63-43(58)50-16-17-55-64(59,60)39-13-9-7-11-30(39)32-20-35(47)33(37-23-54-42(49)25-52-37)18-28(32)21-45(4,5)40(26-57)56-65(61,62)38-12-8-6-10-29(38)27-14-15-31(34(46)19-27)36-22-53-41(48)24-51-36/h6-15,18-20,22-25,40,55-57H,16-17,21,26H2,1-5H3,(H2,48,53)(H2,49,54)(H,50,58). The van der Waals surface area contributed by atoms with Gasteiger partial charge in [-0.2, -0.15) is 0 Å². The molecule has 1 atom stereocenters. The molecule has 0 aliphatic carbocycles.